The molecule has 2 aromatic carbocycles. The number of piperazine rings is 1. The van der Waals surface area contributed by atoms with E-state index in [0.29, 0.717) is 0 Å². The summed E-state index contributed by atoms with van der Waals surface area (Å²) in [5, 5.41) is 0. The molecule has 1 saturated heterocycles. The minimum absolute atomic E-state index is 0.880. The maximum absolute atomic E-state index is 5.51. The van der Waals surface area contributed by atoms with Gasteiger partial charge in [-0.2, -0.15) is 0 Å². The van der Waals surface area contributed by atoms with Crippen LogP contribution in [0.5, 0.6) is 17.2 Å². The van der Waals surface area contributed by atoms with Crippen molar-refractivity contribution in [2.75, 3.05) is 52.4 Å². The van der Waals surface area contributed by atoms with E-state index in [1.807, 2.05) is 18.2 Å². The number of benzene rings is 2. The van der Waals surface area contributed by atoms with E-state index >= 15 is 0 Å². The summed E-state index contributed by atoms with van der Waals surface area (Å²) in [6.07, 6.45) is 0. The molecule has 3 rings (SSSR count). The summed E-state index contributed by atoms with van der Waals surface area (Å²) in [4.78, 5) is 3.99. The van der Waals surface area contributed by atoms with Crippen molar-refractivity contribution in [1.29, 1.82) is 0 Å². The number of ether oxygens (including phenoxy) is 3. The van der Waals surface area contributed by atoms with E-state index in [4.69, 9.17) is 14.2 Å². The van der Waals surface area contributed by atoms with E-state index in [9.17, 15) is 0 Å². The van der Waals surface area contributed by atoms with E-state index in [1.165, 1.54) is 11.3 Å². The molecule has 134 valence electrons. The van der Waals surface area contributed by atoms with Crippen molar-refractivity contribution in [2.45, 2.75) is 6.54 Å². The largest absolute Gasteiger partial charge is 0.497 e. The van der Waals surface area contributed by atoms with E-state index in [2.05, 4.69) is 29.2 Å². The number of nitrogens with one attached hydrogen (secondary N) is 1. The van der Waals surface area contributed by atoms with Gasteiger partial charge in [-0.1, -0.05) is 6.07 Å². The molecule has 1 fully saturated rings. The van der Waals surface area contributed by atoms with Crippen molar-refractivity contribution in [3.63, 3.8) is 0 Å². The van der Waals surface area contributed by atoms with Crippen LogP contribution in [0.4, 0.5) is 5.69 Å². The molecule has 1 aliphatic rings. The Labute approximate surface area is 149 Å². The van der Waals surface area contributed by atoms with Gasteiger partial charge in [0.1, 0.15) is 23.8 Å². The van der Waals surface area contributed by atoms with Crippen LogP contribution >= 0.6 is 0 Å². The molecule has 1 N–H and O–H groups in total. The Balaban J connectivity index is 1.63. The second-order valence-corrected chi connectivity index (χ2v) is 6.29. The number of hydrogen-bond donors (Lipinski definition) is 1. The fourth-order valence-electron chi connectivity index (χ4n) is 3.35. The quantitative estimate of drug-likeness (QED) is 0.865. The first-order valence-corrected chi connectivity index (χ1v) is 8.67. The van der Waals surface area contributed by atoms with Crippen LogP contribution in [0.3, 0.4) is 0 Å². The van der Waals surface area contributed by atoms with Gasteiger partial charge < -0.3 is 24.0 Å². The highest BCUT2D eigenvalue weighted by atomic mass is 16.5. The molecule has 0 spiro atoms. The third-order valence-electron chi connectivity index (χ3n) is 4.82. The lowest BCUT2D eigenvalue weighted by Crippen LogP contribution is -3.13. The molecule has 0 unspecified atom stereocenters. The Morgan fingerprint density at radius 2 is 1.60 bits per heavy atom. The zero-order valence-electron chi connectivity index (χ0n) is 15.2. The third-order valence-corrected chi connectivity index (χ3v) is 4.82. The van der Waals surface area contributed by atoms with Gasteiger partial charge in [-0.3, -0.25) is 0 Å². The van der Waals surface area contributed by atoms with Crippen LogP contribution in [0.25, 0.3) is 0 Å². The van der Waals surface area contributed by atoms with Crippen LogP contribution in [-0.2, 0) is 6.54 Å². The molecule has 0 aliphatic carbocycles. The normalized spacial score (nSPS) is 15.1. The highest BCUT2D eigenvalue weighted by Gasteiger charge is 2.22. The summed E-state index contributed by atoms with van der Waals surface area (Å²) in [7, 11) is 5.13. The van der Waals surface area contributed by atoms with Crippen molar-refractivity contribution in [2.24, 2.45) is 0 Å². The van der Waals surface area contributed by atoms with Crippen LogP contribution < -0.4 is 24.0 Å². The van der Waals surface area contributed by atoms with E-state index in [1.54, 1.807) is 26.2 Å². The summed E-state index contributed by atoms with van der Waals surface area (Å²) in [5.74, 6) is 2.72. The maximum Gasteiger partial charge on any atom is 0.127 e. The van der Waals surface area contributed by atoms with Gasteiger partial charge in [0.05, 0.1) is 53.1 Å². The lowest BCUT2D eigenvalue weighted by molar-refractivity contribution is -0.914. The second kappa shape index (κ2) is 8.12. The van der Waals surface area contributed by atoms with E-state index < -0.39 is 0 Å². The number of hydrogen-bond acceptors (Lipinski definition) is 4. The predicted molar refractivity (Wildman–Crippen MR) is 99.2 cm³/mol. The molecule has 5 nitrogen and oxygen atoms in total. The molecule has 1 aliphatic heterocycles. The van der Waals surface area contributed by atoms with E-state index in [-0.39, 0.29) is 0 Å². The molecule has 1 heterocycles. The Morgan fingerprint density at radius 1 is 0.880 bits per heavy atom. The molecule has 25 heavy (non-hydrogen) atoms. The van der Waals surface area contributed by atoms with Crippen molar-refractivity contribution in [3.8, 4) is 17.2 Å². The summed E-state index contributed by atoms with van der Waals surface area (Å²) < 4.78 is 16.2. The average Bonchev–Trinajstić information content (AvgIpc) is 2.68. The first-order chi connectivity index (χ1) is 12.2. The summed E-state index contributed by atoms with van der Waals surface area (Å²) in [6.45, 7) is 5.21. The number of quaternary nitrogens is 1. The van der Waals surface area contributed by atoms with Crippen LogP contribution in [0, 0.1) is 0 Å². The number of nitrogens with zero attached hydrogens (tertiary/aromatic N) is 1. The minimum atomic E-state index is 0.880. The maximum atomic E-state index is 5.51. The topological polar surface area (TPSA) is 35.4 Å². The summed E-state index contributed by atoms with van der Waals surface area (Å²) in [5.41, 5.74) is 2.43. The highest BCUT2D eigenvalue weighted by Crippen LogP contribution is 2.24. The Hall–Kier alpha value is -2.40. The first-order valence-electron chi connectivity index (χ1n) is 8.67. The van der Waals surface area contributed by atoms with Crippen molar-refractivity contribution < 1.29 is 19.1 Å². The summed E-state index contributed by atoms with van der Waals surface area (Å²) >= 11 is 0. The Morgan fingerprint density at radius 3 is 2.28 bits per heavy atom. The highest BCUT2D eigenvalue weighted by molar-refractivity contribution is 5.50. The van der Waals surface area contributed by atoms with Gasteiger partial charge in [-0.15, -0.1) is 0 Å². The molecular formula is C20H27N2O3+. The van der Waals surface area contributed by atoms with E-state index in [0.717, 1.165) is 50.0 Å². The number of anilines is 1. The van der Waals surface area contributed by atoms with Gasteiger partial charge >= 0.3 is 0 Å². The zero-order valence-corrected chi connectivity index (χ0v) is 15.2. The molecule has 5 heteroatoms. The molecule has 0 saturated carbocycles. The molecule has 0 amide bonds. The monoisotopic (exact) mass is 343 g/mol. The van der Waals surface area contributed by atoms with Gasteiger partial charge in [0, 0.05) is 11.8 Å². The fraction of sp³-hybridized carbons (Fsp3) is 0.400. The summed E-state index contributed by atoms with van der Waals surface area (Å²) in [6, 6.07) is 14.3. The van der Waals surface area contributed by atoms with Crippen molar-refractivity contribution >= 4 is 5.69 Å². The SMILES string of the molecule is COc1cccc(N2CC[NH+](Cc3cc(OC)ccc3OC)CC2)c1. The van der Waals surface area contributed by atoms with Crippen LogP contribution in [0.2, 0.25) is 0 Å². The van der Waals surface area contributed by atoms with Gasteiger partial charge in [-0.25, -0.2) is 0 Å². The molecule has 0 atom stereocenters. The lowest BCUT2D eigenvalue weighted by Gasteiger charge is -2.34. The van der Waals surface area contributed by atoms with Gasteiger partial charge in [0.25, 0.3) is 0 Å². The van der Waals surface area contributed by atoms with Crippen LogP contribution in [0.15, 0.2) is 42.5 Å². The lowest BCUT2D eigenvalue weighted by atomic mass is 10.1. The molecule has 0 radical (unpaired) electrons. The molecular weight excluding hydrogens is 316 g/mol. The minimum Gasteiger partial charge on any atom is -0.497 e. The van der Waals surface area contributed by atoms with Gasteiger partial charge in [0.15, 0.2) is 0 Å². The zero-order chi connectivity index (χ0) is 17.6. The average molecular weight is 343 g/mol. The molecule has 0 aromatic heterocycles. The van der Waals surface area contributed by atoms with Crippen molar-refractivity contribution in [1.82, 2.24) is 0 Å². The Kier molecular flexibility index (Phi) is 5.66. The molecule has 2 aromatic rings. The second-order valence-electron chi connectivity index (χ2n) is 6.29. The van der Waals surface area contributed by atoms with Crippen LogP contribution in [0.1, 0.15) is 5.56 Å². The van der Waals surface area contributed by atoms with Crippen LogP contribution in [-0.4, -0.2) is 47.5 Å². The van der Waals surface area contributed by atoms with Gasteiger partial charge in [-0.05, 0) is 30.3 Å². The van der Waals surface area contributed by atoms with Gasteiger partial charge in [0.2, 0.25) is 0 Å². The number of methoxy groups -OCH3 is 3. The first kappa shape index (κ1) is 17.4. The molecule has 0 bridgehead atoms. The predicted octanol–water partition coefficient (Wildman–Crippen LogP) is 1.62. The Bertz CT molecular complexity index is 697. The fourth-order valence-corrected chi connectivity index (χ4v) is 3.35. The standard InChI is InChI=1S/C20H26N2O3/c1-23-18-6-4-5-17(14-18)22-11-9-21(10-12-22)15-16-13-19(24-2)7-8-20(16)25-3/h4-8,13-14H,9-12,15H2,1-3H3/p+1. The number of rotatable bonds is 6. The third kappa shape index (κ3) is 4.17. The smallest absolute Gasteiger partial charge is 0.127 e. The van der Waals surface area contributed by atoms with Crippen molar-refractivity contribution in [3.05, 3.63) is 48.0 Å².